The smallest absolute Gasteiger partial charge is 0.326 e. The lowest BCUT2D eigenvalue weighted by Crippen LogP contribution is -2.32. The van der Waals surface area contributed by atoms with Crippen molar-refractivity contribution in [1.82, 2.24) is 9.97 Å². The van der Waals surface area contributed by atoms with Crippen LogP contribution in [0, 0.1) is 0 Å². The van der Waals surface area contributed by atoms with Crippen LogP contribution >= 0.6 is 0 Å². The van der Waals surface area contributed by atoms with Crippen LogP contribution in [0.5, 0.6) is 17.5 Å². The van der Waals surface area contributed by atoms with Crippen LogP contribution in [-0.2, 0) is 11.2 Å². The molecule has 0 saturated carbocycles. The lowest BCUT2D eigenvalue weighted by molar-refractivity contribution is -0.137. The third-order valence-electron chi connectivity index (χ3n) is 4.47. The topological polar surface area (TPSA) is 103 Å². The Morgan fingerprint density at radius 3 is 2.33 bits per heavy atom. The molecule has 0 radical (unpaired) electrons. The van der Waals surface area contributed by atoms with Gasteiger partial charge in [0.1, 0.15) is 23.4 Å². The number of aliphatic carboxylic acids is 1. The molecule has 0 bridgehead atoms. The van der Waals surface area contributed by atoms with Gasteiger partial charge < -0.3 is 24.6 Å². The van der Waals surface area contributed by atoms with Crippen LogP contribution in [-0.4, -0.2) is 48.4 Å². The van der Waals surface area contributed by atoms with Gasteiger partial charge in [-0.3, -0.25) is 0 Å². The molecular weight excluding hydrogens is 386 g/mol. The fourth-order valence-electron chi connectivity index (χ4n) is 2.90. The van der Waals surface area contributed by atoms with Crippen molar-refractivity contribution in [3.63, 3.8) is 0 Å². The fraction of sp³-hybridized carbons (Fsp3) is 0.227. The second-order valence-corrected chi connectivity index (χ2v) is 6.44. The Labute approximate surface area is 174 Å². The first kappa shape index (κ1) is 20.9. The molecule has 1 aromatic heterocycles. The third kappa shape index (κ3) is 5.16. The predicted molar refractivity (Wildman–Crippen MR) is 112 cm³/mol. The summed E-state index contributed by atoms with van der Waals surface area (Å²) in [6.45, 7) is 0. The number of carboxylic acids is 1. The number of ether oxygens (including phenoxy) is 3. The standard InChI is InChI=1S/C22H23N3O5/c1-28-16-9-7-14(8-10-16)11-19(21(26)27)23-20-13-18(24-22(25-20)30-3)15-5-4-6-17(12-15)29-2/h4-10,12-13,19H,11H2,1-3H3,(H,26,27)(H,23,24,25)/t19-/m0/s1. The van der Waals surface area contributed by atoms with E-state index in [2.05, 4.69) is 15.3 Å². The van der Waals surface area contributed by atoms with Gasteiger partial charge in [0.25, 0.3) is 0 Å². The first-order valence-corrected chi connectivity index (χ1v) is 9.22. The maximum absolute atomic E-state index is 11.8. The molecule has 1 heterocycles. The molecule has 0 aliphatic heterocycles. The fourth-order valence-corrected chi connectivity index (χ4v) is 2.90. The van der Waals surface area contributed by atoms with Gasteiger partial charge in [0.15, 0.2) is 0 Å². The summed E-state index contributed by atoms with van der Waals surface area (Å²) in [4.78, 5) is 20.5. The maximum Gasteiger partial charge on any atom is 0.326 e. The van der Waals surface area contributed by atoms with Crippen molar-refractivity contribution in [2.45, 2.75) is 12.5 Å². The summed E-state index contributed by atoms with van der Waals surface area (Å²) in [7, 11) is 4.63. The number of methoxy groups -OCH3 is 3. The molecule has 0 saturated heterocycles. The Morgan fingerprint density at radius 2 is 1.70 bits per heavy atom. The second-order valence-electron chi connectivity index (χ2n) is 6.44. The first-order chi connectivity index (χ1) is 14.5. The van der Waals surface area contributed by atoms with E-state index < -0.39 is 12.0 Å². The SMILES string of the molecule is COc1ccc(C[C@H](Nc2cc(-c3cccc(OC)c3)nc(OC)n2)C(=O)O)cc1. The van der Waals surface area contributed by atoms with Gasteiger partial charge in [-0.2, -0.15) is 9.97 Å². The van der Waals surface area contributed by atoms with E-state index in [1.165, 1.54) is 7.11 Å². The molecule has 3 aromatic rings. The van der Waals surface area contributed by atoms with E-state index in [1.807, 2.05) is 36.4 Å². The number of hydrogen-bond donors (Lipinski definition) is 2. The molecule has 0 unspecified atom stereocenters. The lowest BCUT2D eigenvalue weighted by Gasteiger charge is -2.16. The molecule has 1 atom stereocenters. The molecule has 30 heavy (non-hydrogen) atoms. The molecule has 8 nitrogen and oxygen atoms in total. The zero-order valence-electron chi connectivity index (χ0n) is 17.0. The summed E-state index contributed by atoms with van der Waals surface area (Å²) < 4.78 is 15.6. The molecule has 2 aromatic carbocycles. The van der Waals surface area contributed by atoms with Crippen LogP contribution in [0.15, 0.2) is 54.6 Å². The van der Waals surface area contributed by atoms with Crippen LogP contribution in [0.1, 0.15) is 5.56 Å². The van der Waals surface area contributed by atoms with E-state index in [0.717, 1.165) is 11.1 Å². The van der Waals surface area contributed by atoms with Crippen LogP contribution in [0.3, 0.4) is 0 Å². The quantitative estimate of drug-likeness (QED) is 0.555. The molecule has 2 N–H and O–H groups in total. The Bertz CT molecular complexity index is 1010. The number of aromatic nitrogens is 2. The monoisotopic (exact) mass is 409 g/mol. The molecule has 0 aliphatic rings. The Kier molecular flexibility index (Phi) is 6.69. The molecule has 0 fully saturated rings. The van der Waals surface area contributed by atoms with Gasteiger partial charge in [-0.1, -0.05) is 24.3 Å². The summed E-state index contributed by atoms with van der Waals surface area (Å²) in [6.07, 6.45) is 0.264. The highest BCUT2D eigenvalue weighted by Gasteiger charge is 2.20. The molecule has 0 spiro atoms. The Hall–Kier alpha value is -3.81. The van der Waals surface area contributed by atoms with Crippen molar-refractivity contribution < 1.29 is 24.1 Å². The predicted octanol–water partition coefficient (Wildman–Crippen LogP) is 3.28. The molecule has 8 heteroatoms. The second kappa shape index (κ2) is 9.60. The van der Waals surface area contributed by atoms with Gasteiger partial charge in [-0.15, -0.1) is 0 Å². The van der Waals surface area contributed by atoms with E-state index in [9.17, 15) is 9.90 Å². The van der Waals surface area contributed by atoms with Crippen LogP contribution in [0.4, 0.5) is 5.82 Å². The van der Waals surface area contributed by atoms with Crippen molar-refractivity contribution in [3.8, 4) is 28.8 Å². The number of anilines is 1. The molecule has 156 valence electrons. The third-order valence-corrected chi connectivity index (χ3v) is 4.47. The van der Waals surface area contributed by atoms with Gasteiger partial charge in [0.2, 0.25) is 0 Å². The summed E-state index contributed by atoms with van der Waals surface area (Å²) in [5.74, 6) is 0.747. The first-order valence-electron chi connectivity index (χ1n) is 9.22. The number of benzene rings is 2. The molecule has 0 aliphatic carbocycles. The minimum absolute atomic E-state index is 0.131. The van der Waals surface area contributed by atoms with Gasteiger partial charge >= 0.3 is 12.0 Å². The van der Waals surface area contributed by atoms with Crippen molar-refractivity contribution in [2.24, 2.45) is 0 Å². The summed E-state index contributed by atoms with van der Waals surface area (Å²) in [5.41, 5.74) is 2.22. The van der Waals surface area contributed by atoms with Gasteiger partial charge in [0.05, 0.1) is 27.0 Å². The normalized spacial score (nSPS) is 11.4. The zero-order valence-corrected chi connectivity index (χ0v) is 17.0. The van der Waals surface area contributed by atoms with E-state index in [0.29, 0.717) is 23.0 Å². The average molecular weight is 409 g/mol. The summed E-state index contributed by atoms with van der Waals surface area (Å²) in [6, 6.07) is 15.6. The number of hydrogen-bond acceptors (Lipinski definition) is 7. The lowest BCUT2D eigenvalue weighted by atomic mass is 10.1. The van der Waals surface area contributed by atoms with E-state index in [4.69, 9.17) is 14.2 Å². The van der Waals surface area contributed by atoms with E-state index in [-0.39, 0.29) is 12.4 Å². The highest BCUT2D eigenvalue weighted by Crippen LogP contribution is 2.26. The largest absolute Gasteiger partial charge is 0.497 e. The molecule has 0 amide bonds. The zero-order chi connectivity index (χ0) is 21.5. The maximum atomic E-state index is 11.8. The number of rotatable bonds is 9. The van der Waals surface area contributed by atoms with Crippen LogP contribution in [0.25, 0.3) is 11.3 Å². The minimum atomic E-state index is -0.994. The highest BCUT2D eigenvalue weighted by molar-refractivity contribution is 5.78. The highest BCUT2D eigenvalue weighted by atomic mass is 16.5. The van der Waals surface area contributed by atoms with Crippen LogP contribution < -0.4 is 19.5 Å². The van der Waals surface area contributed by atoms with Crippen molar-refractivity contribution in [2.75, 3.05) is 26.6 Å². The average Bonchev–Trinajstić information content (AvgIpc) is 2.78. The number of nitrogens with zero attached hydrogens (tertiary/aromatic N) is 2. The Morgan fingerprint density at radius 1 is 0.967 bits per heavy atom. The van der Waals surface area contributed by atoms with Crippen molar-refractivity contribution in [1.29, 1.82) is 0 Å². The van der Waals surface area contributed by atoms with Crippen molar-refractivity contribution >= 4 is 11.8 Å². The Balaban J connectivity index is 1.87. The van der Waals surface area contributed by atoms with E-state index >= 15 is 0 Å². The van der Waals surface area contributed by atoms with E-state index in [1.54, 1.807) is 32.4 Å². The minimum Gasteiger partial charge on any atom is -0.497 e. The van der Waals surface area contributed by atoms with Gasteiger partial charge in [-0.05, 0) is 29.8 Å². The summed E-state index contributed by atoms with van der Waals surface area (Å²) in [5, 5.41) is 12.7. The van der Waals surface area contributed by atoms with Gasteiger partial charge in [-0.25, -0.2) is 4.79 Å². The summed E-state index contributed by atoms with van der Waals surface area (Å²) >= 11 is 0. The number of carbonyl (C=O) groups is 1. The number of carboxylic acid groups (broad SMARTS) is 1. The molecule has 3 rings (SSSR count). The number of nitrogens with one attached hydrogen (secondary N) is 1. The van der Waals surface area contributed by atoms with Crippen molar-refractivity contribution in [3.05, 3.63) is 60.2 Å². The van der Waals surface area contributed by atoms with Crippen LogP contribution in [0.2, 0.25) is 0 Å². The van der Waals surface area contributed by atoms with Gasteiger partial charge in [0, 0.05) is 18.1 Å². The molecular formula is C22H23N3O5.